The van der Waals surface area contributed by atoms with Gasteiger partial charge in [0.15, 0.2) is 17.5 Å². The average molecular weight is 495 g/mol. The van der Waals surface area contributed by atoms with Crippen LogP contribution >= 0.6 is 23.3 Å². The Labute approximate surface area is 195 Å². The lowest BCUT2D eigenvalue weighted by Crippen LogP contribution is -2.71. The number of carbonyl (C=O) groups is 3. The predicted molar refractivity (Wildman–Crippen MR) is 116 cm³/mol. The van der Waals surface area contributed by atoms with Crippen molar-refractivity contribution in [3.05, 3.63) is 29.5 Å². The molecular formula is C17H20N9O5S2+. The molecule has 4 rings (SSSR count). The van der Waals surface area contributed by atoms with E-state index in [-0.39, 0.29) is 35.5 Å². The summed E-state index contributed by atoms with van der Waals surface area (Å²) < 4.78 is 7.15. The van der Waals surface area contributed by atoms with Gasteiger partial charge in [-0.25, -0.2) is 4.79 Å². The van der Waals surface area contributed by atoms with Crippen LogP contribution in [-0.2, 0) is 32.8 Å². The van der Waals surface area contributed by atoms with Crippen molar-refractivity contribution >= 4 is 51.9 Å². The molecule has 2 aromatic heterocycles. The Bertz CT molecular complexity index is 1170. The Hall–Kier alpha value is -3.53. The highest BCUT2D eigenvalue weighted by molar-refractivity contribution is 8.00. The number of aliphatic carboxylic acids is 1. The van der Waals surface area contributed by atoms with E-state index in [9.17, 15) is 19.5 Å². The Morgan fingerprint density at radius 2 is 2.27 bits per heavy atom. The first kappa shape index (κ1) is 22.7. The van der Waals surface area contributed by atoms with Crippen LogP contribution in [0.5, 0.6) is 0 Å². The molecule has 2 aliphatic rings. The average Bonchev–Trinajstić information content (AvgIpc) is 3.39. The van der Waals surface area contributed by atoms with Gasteiger partial charge in [0.25, 0.3) is 11.8 Å². The number of β-lactam (4-membered cyclic amide) rings is 1. The van der Waals surface area contributed by atoms with Crippen molar-refractivity contribution in [1.29, 1.82) is 0 Å². The standard InChI is InChI=1S/C17H19N9O5S2/c1-3-31-21-9(12-20-17(18)33-22-12)13(27)19-10-14(28)26-11(16(29)30)8(7-32-15(10)26)6-25-5-4-24(2)23-25/h4-5,10,15H,3,6-7H2,1-2H3,(H3-,18,19,20,22,27,29,30)/p+1/t10?,15-/m1/s1. The molecule has 0 radical (unpaired) electrons. The predicted octanol–water partition coefficient (Wildman–Crippen LogP) is -1.68. The molecule has 2 aliphatic heterocycles. The van der Waals surface area contributed by atoms with Crippen molar-refractivity contribution in [3.8, 4) is 0 Å². The monoisotopic (exact) mass is 494 g/mol. The van der Waals surface area contributed by atoms with Crippen molar-refractivity contribution < 1.29 is 29.0 Å². The fraction of sp³-hybridized carbons (Fsp3) is 0.412. The minimum atomic E-state index is -1.22. The summed E-state index contributed by atoms with van der Waals surface area (Å²) in [6, 6.07) is -0.941. The lowest BCUT2D eigenvalue weighted by Gasteiger charge is -2.49. The van der Waals surface area contributed by atoms with Crippen molar-refractivity contribution in [3.63, 3.8) is 0 Å². The number of nitrogen functional groups attached to an aromatic ring is 1. The molecule has 33 heavy (non-hydrogen) atoms. The second-order valence-corrected chi connectivity index (χ2v) is 8.88. The minimum absolute atomic E-state index is 0.0239. The van der Waals surface area contributed by atoms with Gasteiger partial charge in [0.1, 0.15) is 37.3 Å². The number of carbonyl (C=O) groups excluding carboxylic acids is 2. The smallest absolute Gasteiger partial charge is 0.352 e. The Morgan fingerprint density at radius 1 is 1.48 bits per heavy atom. The second kappa shape index (κ2) is 9.14. The van der Waals surface area contributed by atoms with Crippen molar-refractivity contribution in [2.45, 2.75) is 24.9 Å². The lowest BCUT2D eigenvalue weighted by atomic mass is 10.0. The highest BCUT2D eigenvalue weighted by Crippen LogP contribution is 2.40. The van der Waals surface area contributed by atoms with Gasteiger partial charge < -0.3 is 21.0 Å². The first-order valence-corrected chi connectivity index (χ1v) is 11.5. The summed E-state index contributed by atoms with van der Waals surface area (Å²) in [6.45, 7) is 2.12. The van der Waals surface area contributed by atoms with Crippen LogP contribution in [0.4, 0.5) is 5.13 Å². The third-order valence-corrected chi connectivity index (χ3v) is 6.64. The number of nitrogens with zero attached hydrogens (tertiary/aromatic N) is 7. The lowest BCUT2D eigenvalue weighted by molar-refractivity contribution is -0.732. The van der Waals surface area contributed by atoms with Gasteiger partial charge in [0.05, 0.1) is 5.21 Å². The SMILES string of the molecule is CCON=C(C(=O)NC1C(=O)N2C(C(=O)O)=C(Cn3cc[n+](C)n3)CS[C@H]12)c1nsc(N)n1. The topological polar surface area (TPSA) is 182 Å². The fourth-order valence-electron chi connectivity index (χ4n) is 3.35. The first-order chi connectivity index (χ1) is 15.8. The third kappa shape index (κ3) is 4.38. The normalized spacial score (nSPS) is 20.4. The number of hydrogen-bond acceptors (Lipinski definition) is 11. The van der Waals surface area contributed by atoms with Crippen LogP contribution in [0.25, 0.3) is 0 Å². The van der Waals surface area contributed by atoms with Crippen LogP contribution in [0, 0.1) is 0 Å². The van der Waals surface area contributed by atoms with E-state index in [2.05, 4.69) is 25.0 Å². The Morgan fingerprint density at radius 3 is 2.88 bits per heavy atom. The van der Waals surface area contributed by atoms with Gasteiger partial charge in [-0.05, 0) is 6.92 Å². The molecule has 16 heteroatoms. The van der Waals surface area contributed by atoms with E-state index < -0.39 is 29.2 Å². The maximum absolute atomic E-state index is 12.9. The van der Waals surface area contributed by atoms with Crippen LogP contribution in [0.3, 0.4) is 0 Å². The van der Waals surface area contributed by atoms with E-state index in [1.165, 1.54) is 16.7 Å². The van der Waals surface area contributed by atoms with E-state index in [1.807, 2.05) is 0 Å². The van der Waals surface area contributed by atoms with Gasteiger partial charge in [-0.2, -0.15) is 9.36 Å². The van der Waals surface area contributed by atoms with Crippen LogP contribution in [0.2, 0.25) is 0 Å². The molecule has 0 saturated carbocycles. The number of carboxylic acid groups (broad SMARTS) is 1. The van der Waals surface area contributed by atoms with Gasteiger partial charge in [-0.3, -0.25) is 14.5 Å². The number of aromatic nitrogens is 5. The first-order valence-electron chi connectivity index (χ1n) is 9.69. The summed E-state index contributed by atoms with van der Waals surface area (Å²) in [5.41, 5.74) is 5.82. The highest BCUT2D eigenvalue weighted by atomic mass is 32.2. The molecule has 0 aliphatic carbocycles. The van der Waals surface area contributed by atoms with Gasteiger partial charge in [0, 0.05) is 22.9 Å². The summed E-state index contributed by atoms with van der Waals surface area (Å²) in [4.78, 5) is 47.8. The maximum atomic E-state index is 12.9. The summed E-state index contributed by atoms with van der Waals surface area (Å²) in [5, 5.41) is 19.9. The number of thioether (sulfide) groups is 1. The largest absolute Gasteiger partial charge is 0.477 e. The van der Waals surface area contributed by atoms with Gasteiger partial charge in [-0.1, -0.05) is 5.16 Å². The van der Waals surface area contributed by atoms with Crippen molar-refractivity contribution in [2.24, 2.45) is 12.2 Å². The van der Waals surface area contributed by atoms with Crippen molar-refractivity contribution in [2.75, 3.05) is 18.1 Å². The summed E-state index contributed by atoms with van der Waals surface area (Å²) >= 11 is 2.24. The van der Waals surface area contributed by atoms with E-state index in [0.717, 1.165) is 11.5 Å². The minimum Gasteiger partial charge on any atom is -0.477 e. The number of nitrogens with one attached hydrogen (secondary N) is 1. The number of hydrogen-bond donors (Lipinski definition) is 3. The number of nitrogens with two attached hydrogens (primary N) is 1. The highest BCUT2D eigenvalue weighted by Gasteiger charge is 2.54. The quantitative estimate of drug-likeness (QED) is 0.166. The Balaban J connectivity index is 1.53. The number of carboxylic acids is 1. The summed E-state index contributed by atoms with van der Waals surface area (Å²) in [7, 11) is 1.75. The number of amides is 2. The van der Waals surface area contributed by atoms with E-state index in [1.54, 1.807) is 35.7 Å². The van der Waals surface area contributed by atoms with Crippen LogP contribution in [0.15, 0.2) is 28.8 Å². The molecule has 1 fully saturated rings. The molecular weight excluding hydrogens is 474 g/mol. The molecule has 0 bridgehead atoms. The van der Waals surface area contributed by atoms with Crippen molar-refractivity contribution in [1.82, 2.24) is 29.5 Å². The summed E-state index contributed by atoms with van der Waals surface area (Å²) in [5.74, 6) is -2.15. The third-order valence-electron chi connectivity index (χ3n) is 4.75. The van der Waals surface area contributed by atoms with E-state index in [4.69, 9.17) is 10.6 Å². The van der Waals surface area contributed by atoms with Crippen LogP contribution in [-0.4, -0.2) is 76.5 Å². The summed E-state index contributed by atoms with van der Waals surface area (Å²) in [6.07, 6.45) is 3.44. The maximum Gasteiger partial charge on any atom is 0.352 e. The molecule has 1 unspecified atom stereocenters. The molecule has 2 atom stereocenters. The molecule has 4 heterocycles. The van der Waals surface area contributed by atoms with Crippen LogP contribution in [0.1, 0.15) is 12.7 Å². The number of rotatable bonds is 8. The molecule has 4 N–H and O–H groups in total. The van der Waals surface area contributed by atoms with Gasteiger partial charge in [-0.15, -0.1) is 21.1 Å². The van der Waals surface area contributed by atoms with Crippen LogP contribution < -0.4 is 15.7 Å². The number of anilines is 1. The Kier molecular flexibility index (Phi) is 6.28. The fourth-order valence-corrected chi connectivity index (χ4v) is 5.12. The molecule has 0 spiro atoms. The molecule has 2 amide bonds. The zero-order valence-corrected chi connectivity index (χ0v) is 19.2. The number of fused-ring (bicyclic) bond motifs is 1. The zero-order valence-electron chi connectivity index (χ0n) is 17.5. The van der Waals surface area contributed by atoms with Gasteiger partial charge in [0.2, 0.25) is 11.5 Å². The second-order valence-electron chi connectivity index (χ2n) is 6.99. The van der Waals surface area contributed by atoms with E-state index in [0.29, 0.717) is 11.3 Å². The number of aryl methyl sites for hydroxylation is 1. The molecule has 14 nitrogen and oxygen atoms in total. The van der Waals surface area contributed by atoms with Gasteiger partial charge >= 0.3 is 5.97 Å². The molecule has 1 saturated heterocycles. The molecule has 0 aromatic carbocycles. The van der Waals surface area contributed by atoms with E-state index >= 15 is 0 Å². The number of oxime groups is 1. The molecule has 174 valence electrons. The molecule has 2 aromatic rings. The zero-order chi connectivity index (χ0) is 23.7.